The van der Waals surface area contributed by atoms with Crippen LogP contribution in [-0.2, 0) is 0 Å². The van der Waals surface area contributed by atoms with Gasteiger partial charge in [-0.15, -0.1) is 0 Å². The maximum Gasteiger partial charge on any atom is 3.00 e. The number of halogens is 1. The van der Waals surface area contributed by atoms with E-state index in [0.717, 1.165) is 0 Å². The molecule has 0 radical (unpaired) electrons. The Morgan fingerprint density at radius 1 is 1.29 bits per heavy atom. The maximum atomic E-state index is 8.25. The first-order chi connectivity index (χ1) is 1.73. The summed E-state index contributed by atoms with van der Waals surface area (Å²) in [4.78, 5) is 8.25. The molecule has 0 heterocycles. The standard InChI is InChI=1S/ClH.NO3.H2O.Pr/c;2-1(3)4;;/h1H;;1H2;/q;-1;;+3/p-2. The van der Waals surface area contributed by atoms with E-state index in [1.807, 2.05) is 0 Å². The van der Waals surface area contributed by atoms with E-state index in [-0.39, 0.29) is 59.2 Å². The van der Waals surface area contributed by atoms with Gasteiger partial charge in [0.1, 0.15) is 0 Å². The molecule has 1 N–H and O–H groups in total. The fraction of sp³-hybridized carbons (Fsp3) is 0. The van der Waals surface area contributed by atoms with Crippen molar-refractivity contribution in [1.29, 1.82) is 0 Å². The summed E-state index contributed by atoms with van der Waals surface area (Å²) in [5, 5.41) is 14.8. The number of hydrogen-bond donors (Lipinski definition) is 0. The Morgan fingerprint density at radius 3 is 1.29 bits per heavy atom. The van der Waals surface area contributed by atoms with Crippen LogP contribution < -0.4 is 12.4 Å². The van der Waals surface area contributed by atoms with Crippen molar-refractivity contribution in [3.63, 3.8) is 0 Å². The van der Waals surface area contributed by atoms with E-state index in [9.17, 15) is 0 Å². The smallest absolute Gasteiger partial charge is 1.00 e. The molecule has 0 fully saturated rings. The van der Waals surface area contributed by atoms with Crippen LogP contribution in [0, 0.1) is 56.6 Å². The first-order valence-electron chi connectivity index (χ1n) is 0.548. The molecule has 0 saturated carbocycles. The van der Waals surface area contributed by atoms with Gasteiger partial charge in [0.05, 0.1) is 5.09 Å². The van der Waals surface area contributed by atoms with Gasteiger partial charge in [0.2, 0.25) is 0 Å². The molecule has 0 spiro atoms. The molecule has 5 nitrogen and oxygen atoms in total. The van der Waals surface area contributed by atoms with E-state index in [1.165, 1.54) is 0 Å². The predicted molar refractivity (Wildman–Crippen MR) is 12.3 cm³/mol. The van der Waals surface area contributed by atoms with Gasteiger partial charge in [-0.1, -0.05) is 0 Å². The van der Waals surface area contributed by atoms with Crippen LogP contribution in [0.1, 0.15) is 0 Å². The van der Waals surface area contributed by atoms with Crippen molar-refractivity contribution in [3.05, 3.63) is 15.3 Å². The summed E-state index contributed by atoms with van der Waals surface area (Å²) >= 11 is 0. The monoisotopic (exact) mass is 255 g/mol. The van der Waals surface area contributed by atoms with Crippen molar-refractivity contribution in [2.45, 2.75) is 0 Å². The first kappa shape index (κ1) is 24.9. The van der Waals surface area contributed by atoms with Gasteiger partial charge in [-0.25, -0.2) is 0 Å². The van der Waals surface area contributed by atoms with E-state index >= 15 is 0 Å². The first-order valence-corrected chi connectivity index (χ1v) is 0.548. The molecule has 7 heavy (non-hydrogen) atoms. The summed E-state index contributed by atoms with van der Waals surface area (Å²) < 4.78 is 0. The van der Waals surface area contributed by atoms with Crippen molar-refractivity contribution >= 4 is 0 Å². The van der Waals surface area contributed by atoms with Crippen molar-refractivity contribution in [2.75, 3.05) is 0 Å². The molecule has 0 aromatic carbocycles. The van der Waals surface area contributed by atoms with Gasteiger partial charge in [-0.05, 0) is 0 Å². The van der Waals surface area contributed by atoms with Crippen LogP contribution in [0.2, 0.25) is 0 Å². The maximum absolute atomic E-state index is 8.25. The zero-order valence-corrected chi connectivity index (χ0v) is 7.53. The summed E-state index contributed by atoms with van der Waals surface area (Å²) in [6, 6.07) is 0. The molecule has 0 atom stereocenters. The second-order valence-corrected chi connectivity index (χ2v) is 0.224. The minimum absolute atomic E-state index is 0. The third kappa shape index (κ3) is 238. The van der Waals surface area contributed by atoms with Crippen LogP contribution in [0.15, 0.2) is 0 Å². The Bertz CT molecular complexity index is 34.7. The molecule has 0 aromatic rings. The molecular weight excluding hydrogens is 254 g/mol. The Balaban J connectivity index is -0.0000000150. The SMILES string of the molecule is O=[N+]([O-])[O-].[Cl-].[OH-].[Pr+3]. The van der Waals surface area contributed by atoms with Crippen molar-refractivity contribution in [3.8, 4) is 0 Å². The molecule has 0 amide bonds. The van der Waals surface area contributed by atoms with Gasteiger partial charge in [-0.2, -0.15) is 0 Å². The summed E-state index contributed by atoms with van der Waals surface area (Å²) in [7, 11) is 0. The van der Waals surface area contributed by atoms with E-state index in [0.29, 0.717) is 0 Å². The van der Waals surface area contributed by atoms with Crippen LogP contribution in [0.3, 0.4) is 0 Å². The molecule has 0 aromatic heterocycles. The van der Waals surface area contributed by atoms with Gasteiger partial charge >= 0.3 is 41.3 Å². The van der Waals surface area contributed by atoms with E-state index < -0.39 is 5.09 Å². The van der Waals surface area contributed by atoms with Gasteiger partial charge in [0.15, 0.2) is 0 Å². The predicted octanol–water partition coefficient (Wildman–Crippen LogP) is -3.41. The van der Waals surface area contributed by atoms with Gasteiger partial charge in [0, 0.05) is 0 Å². The third-order valence-electron chi connectivity index (χ3n) is 0. The Hall–Kier alpha value is 0.814. The summed E-state index contributed by atoms with van der Waals surface area (Å²) in [5.41, 5.74) is 0. The molecule has 0 unspecified atom stereocenters. The fourth-order valence-corrected chi connectivity index (χ4v) is 0. The van der Waals surface area contributed by atoms with E-state index in [4.69, 9.17) is 15.3 Å². The molecular formula is HClNO4Pr. The average Bonchev–Trinajstić information content (AvgIpc) is 0.811. The zero-order chi connectivity index (χ0) is 3.58. The number of hydrogen-bond acceptors (Lipinski definition) is 4. The zero-order valence-electron chi connectivity index (χ0n) is 3.07. The van der Waals surface area contributed by atoms with Crippen LogP contribution in [0.5, 0.6) is 0 Å². The quantitative estimate of drug-likeness (QED) is 0.333. The molecule has 0 aliphatic rings. The van der Waals surface area contributed by atoms with Crippen molar-refractivity contribution < 1.29 is 64.3 Å². The average molecular weight is 255 g/mol. The summed E-state index contributed by atoms with van der Waals surface area (Å²) in [5.74, 6) is 0. The second kappa shape index (κ2) is 15.8. The minimum atomic E-state index is -1.75. The van der Waals surface area contributed by atoms with E-state index in [2.05, 4.69) is 0 Å². The van der Waals surface area contributed by atoms with Crippen molar-refractivity contribution in [1.82, 2.24) is 0 Å². The van der Waals surface area contributed by atoms with Gasteiger partial charge in [-0.3, -0.25) is 0 Å². The number of nitrogens with zero attached hydrogens (tertiary/aromatic N) is 1. The molecule has 0 rings (SSSR count). The second-order valence-electron chi connectivity index (χ2n) is 0.224. The Morgan fingerprint density at radius 2 is 1.29 bits per heavy atom. The van der Waals surface area contributed by atoms with Crippen LogP contribution in [0.4, 0.5) is 0 Å². The molecule has 0 aliphatic carbocycles. The summed E-state index contributed by atoms with van der Waals surface area (Å²) in [6.07, 6.45) is 0. The normalized spacial score (nSPS) is 3.43. The van der Waals surface area contributed by atoms with E-state index in [1.54, 1.807) is 0 Å². The van der Waals surface area contributed by atoms with Crippen molar-refractivity contribution in [2.24, 2.45) is 0 Å². The fourth-order valence-electron chi connectivity index (χ4n) is 0. The molecule has 7 heteroatoms. The Labute approximate surface area is 78.9 Å². The van der Waals surface area contributed by atoms with Gasteiger partial charge in [0.25, 0.3) is 0 Å². The molecule has 0 aliphatic heterocycles. The van der Waals surface area contributed by atoms with Gasteiger partial charge < -0.3 is 33.2 Å². The van der Waals surface area contributed by atoms with Crippen LogP contribution in [-0.4, -0.2) is 10.6 Å². The Kier molecular flexibility index (Phi) is 56.4. The topological polar surface area (TPSA) is 96.2 Å². The summed E-state index contributed by atoms with van der Waals surface area (Å²) in [6.45, 7) is 0. The molecule has 40 valence electrons. The largest absolute Gasteiger partial charge is 3.00 e. The third-order valence-corrected chi connectivity index (χ3v) is 0. The van der Waals surface area contributed by atoms with Crippen LogP contribution in [0.25, 0.3) is 0 Å². The minimum Gasteiger partial charge on any atom is -1.00 e. The van der Waals surface area contributed by atoms with Crippen LogP contribution >= 0.6 is 0 Å². The number of rotatable bonds is 0. The molecule has 0 saturated heterocycles. The molecule has 0 bridgehead atoms.